The highest BCUT2D eigenvalue weighted by Gasteiger charge is 2.09. The van der Waals surface area contributed by atoms with Crippen LogP contribution in [0.3, 0.4) is 0 Å². The van der Waals surface area contributed by atoms with Crippen LogP contribution in [0.4, 0.5) is 4.39 Å². The molecule has 0 aliphatic carbocycles. The number of halogens is 1. The van der Waals surface area contributed by atoms with Gasteiger partial charge in [0.05, 0.1) is 6.61 Å². The molecule has 0 atom stereocenters. The van der Waals surface area contributed by atoms with E-state index in [4.69, 9.17) is 5.11 Å². The third-order valence-corrected chi connectivity index (χ3v) is 3.08. The van der Waals surface area contributed by atoms with Crippen LogP contribution in [0.1, 0.15) is 15.9 Å². The van der Waals surface area contributed by atoms with Gasteiger partial charge in [-0.1, -0.05) is 12.1 Å². The van der Waals surface area contributed by atoms with Gasteiger partial charge in [-0.2, -0.15) is 4.39 Å². The number of carbonyl (C=O) groups is 1. The Morgan fingerprint density at radius 3 is 2.93 bits per heavy atom. The van der Waals surface area contributed by atoms with Crippen molar-refractivity contribution in [3.05, 3.63) is 34.5 Å². The number of rotatable bonds is 2. The summed E-state index contributed by atoms with van der Waals surface area (Å²) in [5, 5.41) is 9.50. The first-order chi connectivity index (χ1) is 6.76. The summed E-state index contributed by atoms with van der Waals surface area (Å²) in [5.41, 5.74) is 0.924. The molecule has 0 spiro atoms. The van der Waals surface area contributed by atoms with E-state index < -0.39 is 0 Å². The largest absolute Gasteiger partial charge is 0.392 e. The van der Waals surface area contributed by atoms with Crippen LogP contribution in [-0.4, -0.2) is 11.4 Å². The fourth-order valence-corrected chi connectivity index (χ4v) is 2.35. The topological polar surface area (TPSA) is 37.3 Å². The number of fused-ring (bicyclic) bond motifs is 1. The predicted molar refractivity (Wildman–Crippen MR) is 53.1 cm³/mol. The van der Waals surface area contributed by atoms with Crippen LogP contribution in [0.5, 0.6) is 0 Å². The fourth-order valence-electron chi connectivity index (χ4n) is 1.42. The smallest absolute Gasteiger partial charge is 0.177 e. The van der Waals surface area contributed by atoms with Gasteiger partial charge in [-0.05, 0) is 11.5 Å². The first-order valence-electron chi connectivity index (χ1n) is 4.03. The van der Waals surface area contributed by atoms with E-state index in [2.05, 4.69) is 0 Å². The highest BCUT2D eigenvalue weighted by atomic mass is 32.1. The number of aliphatic hydroxyl groups excluding tert-OH is 1. The summed E-state index contributed by atoms with van der Waals surface area (Å²) < 4.78 is 13.6. The molecule has 0 unspecified atom stereocenters. The van der Waals surface area contributed by atoms with Gasteiger partial charge >= 0.3 is 0 Å². The Hall–Kier alpha value is -1.26. The molecule has 0 aliphatic heterocycles. The Morgan fingerprint density at radius 2 is 2.29 bits per heavy atom. The first kappa shape index (κ1) is 9.30. The zero-order chi connectivity index (χ0) is 10.1. The zero-order valence-electron chi connectivity index (χ0n) is 7.16. The molecule has 2 rings (SSSR count). The van der Waals surface area contributed by atoms with Crippen molar-refractivity contribution in [3.8, 4) is 0 Å². The lowest BCUT2D eigenvalue weighted by molar-refractivity contribution is 0.112. The molecular formula is C10H7FO2S. The van der Waals surface area contributed by atoms with Crippen molar-refractivity contribution in [1.29, 1.82) is 0 Å². The Kier molecular flexibility index (Phi) is 2.31. The third-order valence-electron chi connectivity index (χ3n) is 2.08. The van der Waals surface area contributed by atoms with Crippen molar-refractivity contribution in [3.63, 3.8) is 0 Å². The van der Waals surface area contributed by atoms with Crippen LogP contribution in [-0.2, 0) is 6.61 Å². The summed E-state index contributed by atoms with van der Waals surface area (Å²) in [5.74, 6) is 0. The number of aliphatic hydroxyl groups is 1. The lowest BCUT2D eigenvalue weighted by Crippen LogP contribution is -1.91. The van der Waals surface area contributed by atoms with E-state index in [1.165, 1.54) is 6.07 Å². The van der Waals surface area contributed by atoms with Crippen molar-refractivity contribution in [1.82, 2.24) is 0 Å². The molecule has 1 aromatic heterocycles. The Bertz CT molecular complexity index is 490. The predicted octanol–water partition coefficient (Wildman–Crippen LogP) is 2.35. The third kappa shape index (κ3) is 1.32. The van der Waals surface area contributed by atoms with Gasteiger partial charge in [0.1, 0.15) is 6.29 Å². The molecule has 14 heavy (non-hydrogen) atoms. The van der Waals surface area contributed by atoms with Crippen LogP contribution in [0.25, 0.3) is 10.1 Å². The molecule has 1 aromatic carbocycles. The van der Waals surface area contributed by atoms with Crippen LogP contribution >= 0.6 is 11.3 Å². The molecule has 0 bridgehead atoms. The summed E-state index contributed by atoms with van der Waals surface area (Å²) in [4.78, 5) is 10.6. The molecule has 0 aliphatic rings. The maximum absolute atomic E-state index is 12.9. The number of benzene rings is 1. The fraction of sp³-hybridized carbons (Fsp3) is 0.100. The minimum atomic E-state index is -0.308. The van der Waals surface area contributed by atoms with Crippen LogP contribution in [0.15, 0.2) is 18.2 Å². The zero-order valence-corrected chi connectivity index (χ0v) is 7.97. The highest BCUT2D eigenvalue weighted by molar-refractivity contribution is 7.17. The average Bonchev–Trinajstić information content (AvgIpc) is 2.56. The van der Waals surface area contributed by atoms with Crippen molar-refractivity contribution in [2.45, 2.75) is 6.61 Å². The van der Waals surface area contributed by atoms with Gasteiger partial charge in [0, 0.05) is 15.8 Å². The maximum atomic E-state index is 12.9. The van der Waals surface area contributed by atoms with Crippen molar-refractivity contribution < 1.29 is 14.3 Å². The van der Waals surface area contributed by atoms with E-state index in [1.807, 2.05) is 0 Å². The molecule has 0 radical (unpaired) electrons. The summed E-state index contributed by atoms with van der Waals surface area (Å²) >= 11 is 0.947. The summed E-state index contributed by atoms with van der Waals surface area (Å²) in [6, 6.07) is 4.67. The SMILES string of the molecule is O=Cc1ccc2cc(F)sc2c1CO. The highest BCUT2D eigenvalue weighted by Crippen LogP contribution is 2.29. The second-order valence-corrected chi connectivity index (χ2v) is 3.88. The number of thiophene rings is 1. The van der Waals surface area contributed by atoms with Gasteiger partial charge in [0.15, 0.2) is 5.13 Å². The molecule has 2 aromatic rings. The summed E-state index contributed by atoms with van der Waals surface area (Å²) in [6.07, 6.45) is 0.669. The quantitative estimate of drug-likeness (QED) is 0.772. The van der Waals surface area contributed by atoms with Crippen LogP contribution in [0, 0.1) is 5.13 Å². The Labute approximate surface area is 83.6 Å². The Balaban J connectivity index is 2.82. The average molecular weight is 210 g/mol. The molecule has 1 heterocycles. The number of hydrogen-bond donors (Lipinski definition) is 1. The molecule has 0 saturated carbocycles. The van der Waals surface area contributed by atoms with Gasteiger partial charge in [0.2, 0.25) is 0 Å². The van der Waals surface area contributed by atoms with Gasteiger partial charge in [-0.3, -0.25) is 4.79 Å². The van der Waals surface area contributed by atoms with Crippen LogP contribution < -0.4 is 0 Å². The standard InChI is InChI=1S/C10H7FO2S/c11-9-3-6-1-2-7(4-12)8(5-13)10(6)14-9/h1-4,13H,5H2. The van der Waals surface area contributed by atoms with Gasteiger partial charge in [-0.25, -0.2) is 0 Å². The minimum Gasteiger partial charge on any atom is -0.392 e. The lowest BCUT2D eigenvalue weighted by atomic mass is 10.1. The van der Waals surface area contributed by atoms with E-state index in [9.17, 15) is 9.18 Å². The van der Waals surface area contributed by atoms with Crippen molar-refractivity contribution in [2.24, 2.45) is 0 Å². The molecule has 0 amide bonds. The van der Waals surface area contributed by atoms with Gasteiger partial charge in [-0.15, -0.1) is 11.3 Å². The number of aldehydes is 1. The van der Waals surface area contributed by atoms with Crippen molar-refractivity contribution in [2.75, 3.05) is 0 Å². The molecule has 4 heteroatoms. The first-order valence-corrected chi connectivity index (χ1v) is 4.85. The van der Waals surface area contributed by atoms with Crippen molar-refractivity contribution >= 4 is 27.7 Å². The Morgan fingerprint density at radius 1 is 1.50 bits per heavy atom. The second kappa shape index (κ2) is 3.48. The molecule has 2 nitrogen and oxygen atoms in total. The van der Waals surface area contributed by atoms with Crippen LogP contribution in [0.2, 0.25) is 0 Å². The van der Waals surface area contributed by atoms with E-state index in [0.717, 1.165) is 16.7 Å². The molecular weight excluding hydrogens is 203 g/mol. The summed E-state index contributed by atoms with van der Waals surface area (Å²) in [6.45, 7) is -0.245. The van der Waals surface area contributed by atoms with Gasteiger partial charge < -0.3 is 5.11 Å². The molecule has 72 valence electrons. The van der Waals surface area contributed by atoms with E-state index >= 15 is 0 Å². The normalized spacial score (nSPS) is 10.7. The van der Waals surface area contributed by atoms with E-state index in [0.29, 0.717) is 22.1 Å². The van der Waals surface area contributed by atoms with E-state index in [1.54, 1.807) is 12.1 Å². The monoisotopic (exact) mass is 210 g/mol. The molecule has 0 fully saturated rings. The maximum Gasteiger partial charge on any atom is 0.177 e. The summed E-state index contributed by atoms with van der Waals surface area (Å²) in [7, 11) is 0. The minimum absolute atomic E-state index is 0.245. The number of hydrogen-bond acceptors (Lipinski definition) is 3. The second-order valence-electron chi connectivity index (χ2n) is 2.88. The molecule has 0 saturated heterocycles. The lowest BCUT2D eigenvalue weighted by Gasteiger charge is -2.01. The molecule has 1 N–H and O–H groups in total. The van der Waals surface area contributed by atoms with Gasteiger partial charge in [0.25, 0.3) is 0 Å². The van der Waals surface area contributed by atoms with E-state index in [-0.39, 0.29) is 11.7 Å². The number of carbonyl (C=O) groups excluding carboxylic acids is 1.